The fraction of sp³-hybridized carbons (Fsp3) is 0.235. The van der Waals surface area contributed by atoms with Crippen LogP contribution in [0.25, 0.3) is 0 Å². The molecule has 0 aliphatic carbocycles. The molecule has 22 heavy (non-hydrogen) atoms. The van der Waals surface area contributed by atoms with E-state index in [2.05, 4.69) is 17.4 Å². The maximum absolute atomic E-state index is 11.8. The Morgan fingerprint density at radius 2 is 1.95 bits per heavy atom. The van der Waals surface area contributed by atoms with E-state index in [1.165, 1.54) is 12.7 Å². The number of nitrogens with one attached hydrogen (secondary N) is 1. The van der Waals surface area contributed by atoms with Crippen LogP contribution in [-0.2, 0) is 11.2 Å². The van der Waals surface area contributed by atoms with Crippen molar-refractivity contribution >= 4 is 23.4 Å². The molecule has 0 heterocycles. The smallest absolute Gasteiger partial charge is 0.411 e. The minimum Gasteiger partial charge on any atom is -0.495 e. The van der Waals surface area contributed by atoms with Gasteiger partial charge in [0.2, 0.25) is 0 Å². The minimum atomic E-state index is -0.520. The molecule has 2 aromatic rings. The molecule has 0 spiro atoms. The Morgan fingerprint density at radius 3 is 2.68 bits per heavy atom. The summed E-state index contributed by atoms with van der Waals surface area (Å²) < 4.78 is 10.3. The lowest BCUT2D eigenvalue weighted by molar-refractivity contribution is 0.160. The Bertz CT molecular complexity index is 617. The number of aryl methyl sites for hydroxylation is 1. The predicted octanol–water partition coefficient (Wildman–Crippen LogP) is 4.53. The number of anilines is 1. The Kier molecular flexibility index (Phi) is 6.10. The van der Waals surface area contributed by atoms with Crippen molar-refractivity contribution in [3.8, 4) is 5.75 Å². The minimum absolute atomic E-state index is 0.351. The summed E-state index contributed by atoms with van der Waals surface area (Å²) in [6.07, 6.45) is 1.12. The van der Waals surface area contributed by atoms with Crippen LogP contribution in [0.3, 0.4) is 0 Å². The van der Waals surface area contributed by atoms with Gasteiger partial charge in [0.15, 0.2) is 0 Å². The molecule has 0 saturated heterocycles. The molecule has 2 aromatic carbocycles. The van der Waals surface area contributed by atoms with Gasteiger partial charge in [0.1, 0.15) is 5.75 Å². The maximum atomic E-state index is 11.8. The van der Waals surface area contributed by atoms with Crippen LogP contribution in [0.4, 0.5) is 10.5 Å². The lowest BCUT2D eigenvalue weighted by Crippen LogP contribution is -2.15. The summed E-state index contributed by atoms with van der Waals surface area (Å²) >= 11 is 5.90. The zero-order valence-corrected chi connectivity index (χ0v) is 13.1. The van der Waals surface area contributed by atoms with Crippen LogP contribution in [0.2, 0.25) is 5.02 Å². The number of benzene rings is 2. The van der Waals surface area contributed by atoms with Gasteiger partial charge in [-0.05, 0) is 36.6 Å². The zero-order chi connectivity index (χ0) is 15.8. The number of rotatable bonds is 6. The summed E-state index contributed by atoms with van der Waals surface area (Å²) in [4.78, 5) is 11.8. The van der Waals surface area contributed by atoms with Gasteiger partial charge < -0.3 is 9.47 Å². The van der Waals surface area contributed by atoms with Gasteiger partial charge in [0, 0.05) is 5.02 Å². The first kappa shape index (κ1) is 16.2. The molecule has 0 radical (unpaired) electrons. The van der Waals surface area contributed by atoms with Crippen molar-refractivity contribution < 1.29 is 14.3 Å². The van der Waals surface area contributed by atoms with E-state index in [1.807, 2.05) is 18.2 Å². The van der Waals surface area contributed by atoms with Gasteiger partial charge in [-0.15, -0.1) is 0 Å². The largest absolute Gasteiger partial charge is 0.495 e. The summed E-state index contributed by atoms with van der Waals surface area (Å²) in [6.45, 7) is 0.351. The summed E-state index contributed by atoms with van der Waals surface area (Å²) in [5, 5.41) is 3.14. The third-order valence-corrected chi connectivity index (χ3v) is 3.32. The fourth-order valence-corrected chi connectivity index (χ4v) is 2.18. The monoisotopic (exact) mass is 319 g/mol. The second kappa shape index (κ2) is 8.29. The van der Waals surface area contributed by atoms with E-state index in [-0.39, 0.29) is 0 Å². The molecule has 0 bridgehead atoms. The van der Waals surface area contributed by atoms with Gasteiger partial charge in [0.05, 0.1) is 19.4 Å². The van der Waals surface area contributed by atoms with Crippen molar-refractivity contribution in [3.05, 3.63) is 59.1 Å². The lowest BCUT2D eigenvalue weighted by atomic mass is 10.1. The Hall–Kier alpha value is -2.20. The molecule has 116 valence electrons. The molecule has 1 N–H and O–H groups in total. The fourth-order valence-electron chi connectivity index (χ4n) is 2.01. The van der Waals surface area contributed by atoms with Gasteiger partial charge in [-0.2, -0.15) is 0 Å². The predicted molar refractivity (Wildman–Crippen MR) is 87.7 cm³/mol. The van der Waals surface area contributed by atoms with E-state index in [0.717, 1.165) is 12.8 Å². The van der Waals surface area contributed by atoms with Crippen LogP contribution < -0.4 is 10.1 Å². The first-order chi connectivity index (χ1) is 10.7. The van der Waals surface area contributed by atoms with E-state index in [4.69, 9.17) is 21.1 Å². The molecule has 2 rings (SSSR count). The second-order valence-electron chi connectivity index (χ2n) is 4.69. The highest BCUT2D eigenvalue weighted by molar-refractivity contribution is 6.31. The molecule has 0 aliphatic rings. The van der Waals surface area contributed by atoms with Crippen LogP contribution in [0.1, 0.15) is 12.0 Å². The highest BCUT2D eigenvalue weighted by Crippen LogP contribution is 2.27. The van der Waals surface area contributed by atoms with Crippen molar-refractivity contribution in [2.24, 2.45) is 0 Å². The molecule has 5 heteroatoms. The Labute approximate surface area is 135 Å². The van der Waals surface area contributed by atoms with Crippen LogP contribution in [-0.4, -0.2) is 19.8 Å². The Balaban J connectivity index is 1.77. The number of methoxy groups -OCH3 is 1. The molecule has 0 unspecified atom stereocenters. The summed E-state index contributed by atoms with van der Waals surface area (Å²) in [7, 11) is 1.53. The van der Waals surface area contributed by atoms with Crippen molar-refractivity contribution in [2.45, 2.75) is 12.8 Å². The van der Waals surface area contributed by atoms with Gasteiger partial charge >= 0.3 is 6.09 Å². The van der Waals surface area contributed by atoms with E-state index in [9.17, 15) is 4.79 Å². The summed E-state index contributed by atoms with van der Waals surface area (Å²) in [5.41, 5.74) is 1.71. The SMILES string of the molecule is COc1ccc(Cl)cc1NC(=O)OCCCc1ccccc1. The molecule has 0 aliphatic heterocycles. The molecule has 0 aromatic heterocycles. The first-order valence-corrected chi connectivity index (χ1v) is 7.38. The van der Waals surface area contributed by atoms with E-state index in [0.29, 0.717) is 23.1 Å². The average molecular weight is 320 g/mol. The summed E-state index contributed by atoms with van der Waals surface area (Å²) in [6, 6.07) is 15.1. The molecule has 4 nitrogen and oxygen atoms in total. The number of hydrogen-bond acceptors (Lipinski definition) is 3. The first-order valence-electron chi connectivity index (χ1n) is 7.00. The number of ether oxygens (including phenoxy) is 2. The van der Waals surface area contributed by atoms with Crippen molar-refractivity contribution in [3.63, 3.8) is 0 Å². The van der Waals surface area contributed by atoms with Crippen LogP contribution in [0.5, 0.6) is 5.75 Å². The summed E-state index contributed by atoms with van der Waals surface area (Å²) in [5.74, 6) is 0.533. The normalized spacial score (nSPS) is 10.1. The number of amides is 1. The third-order valence-electron chi connectivity index (χ3n) is 3.08. The molecule has 0 fully saturated rings. The van der Waals surface area contributed by atoms with Crippen molar-refractivity contribution in [2.75, 3.05) is 19.0 Å². The van der Waals surface area contributed by atoms with Crippen LogP contribution in [0, 0.1) is 0 Å². The standard InChI is InChI=1S/C17H18ClNO3/c1-21-16-10-9-14(18)12-15(16)19-17(20)22-11-5-8-13-6-3-2-4-7-13/h2-4,6-7,9-10,12H,5,8,11H2,1H3,(H,19,20). The zero-order valence-electron chi connectivity index (χ0n) is 12.3. The number of halogens is 1. The number of carbonyl (C=O) groups is 1. The third kappa shape index (κ3) is 4.97. The van der Waals surface area contributed by atoms with Crippen molar-refractivity contribution in [1.82, 2.24) is 0 Å². The molecular formula is C17H18ClNO3. The molecular weight excluding hydrogens is 302 g/mol. The van der Waals surface area contributed by atoms with Crippen LogP contribution >= 0.6 is 11.6 Å². The number of hydrogen-bond donors (Lipinski definition) is 1. The topological polar surface area (TPSA) is 47.6 Å². The Morgan fingerprint density at radius 1 is 1.18 bits per heavy atom. The van der Waals surface area contributed by atoms with Crippen LogP contribution in [0.15, 0.2) is 48.5 Å². The number of carbonyl (C=O) groups excluding carboxylic acids is 1. The molecule has 1 amide bonds. The quantitative estimate of drug-likeness (QED) is 0.796. The maximum Gasteiger partial charge on any atom is 0.411 e. The van der Waals surface area contributed by atoms with Crippen molar-refractivity contribution in [1.29, 1.82) is 0 Å². The van der Waals surface area contributed by atoms with Gasteiger partial charge in [-0.25, -0.2) is 4.79 Å². The molecule has 0 saturated carbocycles. The average Bonchev–Trinajstić information content (AvgIpc) is 2.53. The highest BCUT2D eigenvalue weighted by Gasteiger charge is 2.09. The van der Waals surface area contributed by atoms with E-state index < -0.39 is 6.09 Å². The lowest BCUT2D eigenvalue weighted by Gasteiger charge is -2.11. The second-order valence-corrected chi connectivity index (χ2v) is 5.13. The van der Waals surface area contributed by atoms with Gasteiger partial charge in [-0.1, -0.05) is 41.9 Å². The van der Waals surface area contributed by atoms with E-state index in [1.54, 1.807) is 18.2 Å². The molecule has 0 atom stereocenters. The van der Waals surface area contributed by atoms with Gasteiger partial charge in [-0.3, -0.25) is 5.32 Å². The highest BCUT2D eigenvalue weighted by atomic mass is 35.5. The van der Waals surface area contributed by atoms with Gasteiger partial charge in [0.25, 0.3) is 0 Å². The van der Waals surface area contributed by atoms with E-state index >= 15 is 0 Å².